The predicted molar refractivity (Wildman–Crippen MR) is 89.0 cm³/mol. The lowest BCUT2D eigenvalue weighted by Gasteiger charge is -2.09. The van der Waals surface area contributed by atoms with Crippen LogP contribution in [0.3, 0.4) is 0 Å². The highest BCUT2D eigenvalue weighted by atomic mass is 32.2. The summed E-state index contributed by atoms with van der Waals surface area (Å²) in [6.45, 7) is 2.85. The fourth-order valence-electron chi connectivity index (χ4n) is 2.01. The summed E-state index contributed by atoms with van der Waals surface area (Å²) in [6.07, 6.45) is 3.27. The van der Waals surface area contributed by atoms with Crippen molar-refractivity contribution >= 4 is 17.7 Å². The normalized spacial score (nSPS) is 10.5. The fourth-order valence-corrected chi connectivity index (χ4v) is 2.72. The van der Waals surface area contributed by atoms with Crippen LogP contribution in [-0.2, 0) is 4.79 Å². The third kappa shape index (κ3) is 4.95. The van der Waals surface area contributed by atoms with Crippen LogP contribution in [-0.4, -0.2) is 45.5 Å². The number of carbonyl (C=O) groups excluding carboxylic acids is 1. The van der Waals surface area contributed by atoms with Crippen molar-refractivity contribution in [2.24, 2.45) is 0 Å². The summed E-state index contributed by atoms with van der Waals surface area (Å²) in [7, 11) is 1.60. The number of nitrogens with one attached hydrogen (secondary N) is 1. The van der Waals surface area contributed by atoms with Crippen molar-refractivity contribution in [2.75, 3.05) is 19.4 Å². The Morgan fingerprint density at radius 1 is 1.35 bits per heavy atom. The number of methoxy groups -OCH3 is 1. The van der Waals surface area contributed by atoms with E-state index in [9.17, 15) is 4.79 Å². The van der Waals surface area contributed by atoms with Gasteiger partial charge in [0.05, 0.1) is 12.9 Å². The first-order chi connectivity index (χ1) is 11.3. The number of unbranched alkanes of at least 4 members (excludes halogenated alkanes) is 2. The molecule has 0 aliphatic carbocycles. The third-order valence-electron chi connectivity index (χ3n) is 3.19. The van der Waals surface area contributed by atoms with E-state index in [2.05, 4.69) is 27.8 Å². The summed E-state index contributed by atoms with van der Waals surface area (Å²) in [5.41, 5.74) is 0.742. The maximum absolute atomic E-state index is 11.8. The van der Waals surface area contributed by atoms with Gasteiger partial charge in [0.15, 0.2) is 0 Å². The Bertz CT molecular complexity index is 632. The van der Waals surface area contributed by atoms with Gasteiger partial charge in [-0.05, 0) is 29.0 Å². The average molecular weight is 335 g/mol. The molecule has 0 aliphatic rings. The van der Waals surface area contributed by atoms with E-state index >= 15 is 0 Å². The van der Waals surface area contributed by atoms with E-state index in [1.807, 2.05) is 24.3 Å². The largest absolute Gasteiger partial charge is 0.494 e. The number of hydrogen-bond donors (Lipinski definition) is 1. The molecule has 1 amide bonds. The molecule has 0 saturated heterocycles. The van der Waals surface area contributed by atoms with Gasteiger partial charge in [-0.1, -0.05) is 43.7 Å². The average Bonchev–Trinajstić information content (AvgIpc) is 3.05. The second kappa shape index (κ2) is 9.14. The number of ether oxygens (including phenoxy) is 1. The van der Waals surface area contributed by atoms with Crippen LogP contribution in [0.2, 0.25) is 0 Å². The van der Waals surface area contributed by atoms with E-state index < -0.39 is 0 Å². The van der Waals surface area contributed by atoms with Crippen LogP contribution < -0.4 is 10.1 Å². The zero-order valence-corrected chi connectivity index (χ0v) is 14.2. The lowest BCUT2D eigenvalue weighted by atomic mass is 10.2. The van der Waals surface area contributed by atoms with Crippen LogP contribution in [0.4, 0.5) is 0 Å². The van der Waals surface area contributed by atoms with Gasteiger partial charge in [0, 0.05) is 6.54 Å². The Hall–Kier alpha value is -2.09. The van der Waals surface area contributed by atoms with Gasteiger partial charge in [0.25, 0.3) is 0 Å². The highest BCUT2D eigenvalue weighted by Crippen LogP contribution is 2.25. The van der Waals surface area contributed by atoms with Crippen molar-refractivity contribution in [1.29, 1.82) is 0 Å². The van der Waals surface area contributed by atoms with Crippen molar-refractivity contribution in [2.45, 2.75) is 31.3 Å². The number of carbonyl (C=O) groups is 1. The molecule has 124 valence electrons. The van der Waals surface area contributed by atoms with E-state index in [1.165, 1.54) is 11.8 Å². The van der Waals surface area contributed by atoms with Gasteiger partial charge >= 0.3 is 0 Å². The number of benzene rings is 1. The Labute approximate surface area is 139 Å². The first kappa shape index (κ1) is 17.3. The zero-order valence-electron chi connectivity index (χ0n) is 13.4. The standard InChI is InChI=1S/C15H21N5O2S/c1-3-4-7-10-16-14(21)11-23-15-17-18-19-20(15)12-8-5-6-9-13(12)22-2/h5-6,8-9H,3-4,7,10-11H2,1-2H3,(H,16,21). The first-order valence-corrected chi connectivity index (χ1v) is 8.56. The minimum Gasteiger partial charge on any atom is -0.494 e. The second-order valence-corrected chi connectivity index (χ2v) is 5.83. The Kier molecular flexibility index (Phi) is 6.86. The van der Waals surface area contributed by atoms with E-state index in [1.54, 1.807) is 11.8 Å². The van der Waals surface area contributed by atoms with Crippen LogP contribution in [0.1, 0.15) is 26.2 Å². The molecule has 23 heavy (non-hydrogen) atoms. The molecule has 2 aromatic rings. The molecule has 0 bridgehead atoms. The van der Waals surface area contributed by atoms with E-state index in [-0.39, 0.29) is 11.7 Å². The molecule has 0 fully saturated rings. The quantitative estimate of drug-likeness (QED) is 0.558. The molecular weight excluding hydrogens is 314 g/mol. The molecule has 1 aromatic heterocycles. The number of amides is 1. The molecule has 1 heterocycles. The maximum Gasteiger partial charge on any atom is 0.230 e. The van der Waals surface area contributed by atoms with Crippen molar-refractivity contribution in [1.82, 2.24) is 25.5 Å². The number of aromatic nitrogens is 4. The molecule has 0 unspecified atom stereocenters. The summed E-state index contributed by atoms with van der Waals surface area (Å²) >= 11 is 1.30. The van der Waals surface area contributed by atoms with Crippen molar-refractivity contribution in [3.05, 3.63) is 24.3 Å². The summed E-state index contributed by atoms with van der Waals surface area (Å²) in [4.78, 5) is 11.8. The number of hydrogen-bond acceptors (Lipinski definition) is 6. The van der Waals surface area contributed by atoms with Crippen LogP contribution >= 0.6 is 11.8 Å². The van der Waals surface area contributed by atoms with Gasteiger partial charge in [-0.3, -0.25) is 4.79 Å². The molecule has 1 N–H and O–H groups in total. The minimum atomic E-state index is -0.0133. The number of nitrogens with zero attached hydrogens (tertiary/aromatic N) is 4. The number of rotatable bonds is 9. The summed E-state index contributed by atoms with van der Waals surface area (Å²) in [5, 5.41) is 15.1. The van der Waals surface area contributed by atoms with Crippen LogP contribution in [0, 0.1) is 0 Å². The third-order valence-corrected chi connectivity index (χ3v) is 4.11. The van der Waals surface area contributed by atoms with Gasteiger partial charge in [-0.25, -0.2) is 0 Å². The van der Waals surface area contributed by atoms with Crippen LogP contribution in [0.15, 0.2) is 29.4 Å². The number of para-hydroxylation sites is 2. The zero-order chi connectivity index (χ0) is 16.5. The lowest BCUT2D eigenvalue weighted by molar-refractivity contribution is -0.118. The maximum atomic E-state index is 11.8. The van der Waals surface area contributed by atoms with Gasteiger partial charge in [-0.15, -0.1) is 5.10 Å². The number of thioether (sulfide) groups is 1. The van der Waals surface area contributed by atoms with Crippen molar-refractivity contribution in [3.8, 4) is 11.4 Å². The SMILES string of the molecule is CCCCCNC(=O)CSc1nnnn1-c1ccccc1OC. The monoisotopic (exact) mass is 335 g/mol. The van der Waals surface area contributed by atoms with Crippen LogP contribution in [0.5, 0.6) is 5.75 Å². The number of tetrazole rings is 1. The summed E-state index contributed by atoms with van der Waals surface area (Å²) in [6, 6.07) is 7.47. The first-order valence-electron chi connectivity index (χ1n) is 7.57. The predicted octanol–water partition coefficient (Wildman–Crippen LogP) is 2.07. The van der Waals surface area contributed by atoms with Crippen LogP contribution in [0.25, 0.3) is 5.69 Å². The smallest absolute Gasteiger partial charge is 0.230 e. The molecule has 0 saturated carbocycles. The molecule has 0 radical (unpaired) electrons. The van der Waals surface area contributed by atoms with E-state index in [0.717, 1.165) is 24.9 Å². The molecule has 8 heteroatoms. The lowest BCUT2D eigenvalue weighted by Crippen LogP contribution is -2.26. The molecule has 1 aromatic carbocycles. The summed E-state index contributed by atoms with van der Waals surface area (Å²) in [5.74, 6) is 0.938. The van der Waals surface area contributed by atoms with E-state index in [0.29, 0.717) is 17.5 Å². The van der Waals surface area contributed by atoms with Gasteiger partial charge < -0.3 is 10.1 Å². The topological polar surface area (TPSA) is 81.9 Å². The molecule has 2 rings (SSSR count). The minimum absolute atomic E-state index is 0.0133. The van der Waals surface area contributed by atoms with Crippen molar-refractivity contribution in [3.63, 3.8) is 0 Å². The highest BCUT2D eigenvalue weighted by molar-refractivity contribution is 7.99. The van der Waals surface area contributed by atoms with Gasteiger partial charge in [0.1, 0.15) is 11.4 Å². The Morgan fingerprint density at radius 2 is 2.17 bits per heavy atom. The molecule has 0 atom stereocenters. The van der Waals surface area contributed by atoms with E-state index in [4.69, 9.17) is 4.74 Å². The molecule has 0 spiro atoms. The highest BCUT2D eigenvalue weighted by Gasteiger charge is 2.14. The van der Waals surface area contributed by atoms with Gasteiger partial charge in [-0.2, -0.15) is 4.68 Å². The Balaban J connectivity index is 1.95. The Morgan fingerprint density at radius 3 is 2.96 bits per heavy atom. The fraction of sp³-hybridized carbons (Fsp3) is 0.467. The molecule has 0 aliphatic heterocycles. The second-order valence-electron chi connectivity index (χ2n) is 4.89. The van der Waals surface area contributed by atoms with Crippen molar-refractivity contribution < 1.29 is 9.53 Å². The van der Waals surface area contributed by atoms with Gasteiger partial charge in [0.2, 0.25) is 11.1 Å². The molecular formula is C15H21N5O2S. The molecule has 7 nitrogen and oxygen atoms in total. The summed E-state index contributed by atoms with van der Waals surface area (Å²) < 4.78 is 6.90.